The maximum atomic E-state index is 5.76. The number of nitrogen functional groups attached to an aromatic ring is 1. The highest BCUT2D eigenvalue weighted by Gasteiger charge is 2.04. The highest BCUT2D eigenvalue weighted by molar-refractivity contribution is 6.28. The number of benzene rings is 1. The minimum absolute atomic E-state index is 0.172. The molecule has 1 aromatic carbocycles. The first-order chi connectivity index (χ1) is 8.06. The molecule has 0 spiro atoms. The van der Waals surface area contributed by atoms with Gasteiger partial charge in [0.05, 0.1) is 11.9 Å². The molecule has 2 aromatic rings. The number of nitrogens with one attached hydrogen (secondary N) is 1. The summed E-state index contributed by atoms with van der Waals surface area (Å²) in [6.45, 7) is 4.12. The smallest absolute Gasteiger partial charge is 0.224 e. The van der Waals surface area contributed by atoms with Crippen LogP contribution in [-0.4, -0.2) is 9.97 Å². The standard InChI is InChI=1S/C12H13ClN4/c1-7-3-4-9(5-8(7)2)16-11-10(14)6-15-12(13)17-11/h3-6H,14H2,1-2H3,(H,15,16,17). The molecule has 0 saturated heterocycles. The number of nitrogens with zero attached hydrogens (tertiary/aromatic N) is 2. The normalized spacial score (nSPS) is 10.3. The van der Waals surface area contributed by atoms with E-state index in [1.54, 1.807) is 0 Å². The van der Waals surface area contributed by atoms with Crippen molar-refractivity contribution >= 4 is 28.8 Å². The molecule has 5 heteroatoms. The van der Waals surface area contributed by atoms with Gasteiger partial charge >= 0.3 is 0 Å². The van der Waals surface area contributed by atoms with E-state index in [1.165, 1.54) is 17.3 Å². The predicted octanol–water partition coefficient (Wildman–Crippen LogP) is 3.07. The van der Waals surface area contributed by atoms with Gasteiger partial charge in [0.15, 0.2) is 5.82 Å². The van der Waals surface area contributed by atoms with Crippen LogP contribution < -0.4 is 11.1 Å². The van der Waals surface area contributed by atoms with E-state index in [2.05, 4.69) is 29.1 Å². The Morgan fingerprint density at radius 3 is 2.71 bits per heavy atom. The molecular weight excluding hydrogens is 236 g/mol. The van der Waals surface area contributed by atoms with Crippen molar-refractivity contribution in [2.75, 3.05) is 11.1 Å². The van der Waals surface area contributed by atoms with Crippen LogP contribution in [0.4, 0.5) is 17.2 Å². The fraction of sp³-hybridized carbons (Fsp3) is 0.167. The van der Waals surface area contributed by atoms with Gasteiger partial charge in [-0.15, -0.1) is 0 Å². The summed E-state index contributed by atoms with van der Waals surface area (Å²) in [5.74, 6) is 0.522. The second-order valence-corrected chi connectivity index (χ2v) is 4.21. The first-order valence-electron chi connectivity index (χ1n) is 5.18. The van der Waals surface area contributed by atoms with Crippen molar-refractivity contribution in [3.05, 3.63) is 40.8 Å². The third-order valence-electron chi connectivity index (χ3n) is 2.56. The summed E-state index contributed by atoms with van der Waals surface area (Å²) in [5, 5.41) is 3.29. The minimum Gasteiger partial charge on any atom is -0.394 e. The molecule has 1 aromatic heterocycles. The summed E-state index contributed by atoms with van der Waals surface area (Å²) in [7, 11) is 0. The van der Waals surface area contributed by atoms with Gasteiger partial charge in [0.1, 0.15) is 0 Å². The molecule has 1 heterocycles. The predicted molar refractivity (Wildman–Crippen MR) is 70.7 cm³/mol. The fourth-order valence-electron chi connectivity index (χ4n) is 1.43. The number of halogens is 1. The van der Waals surface area contributed by atoms with Gasteiger partial charge in [-0.2, -0.15) is 4.98 Å². The van der Waals surface area contributed by atoms with E-state index in [0.717, 1.165) is 5.69 Å². The lowest BCUT2D eigenvalue weighted by molar-refractivity contribution is 1.17. The van der Waals surface area contributed by atoms with Crippen molar-refractivity contribution in [1.29, 1.82) is 0 Å². The fourth-order valence-corrected chi connectivity index (χ4v) is 1.56. The van der Waals surface area contributed by atoms with Crippen LogP contribution in [0.3, 0.4) is 0 Å². The van der Waals surface area contributed by atoms with E-state index in [1.807, 2.05) is 18.2 Å². The van der Waals surface area contributed by atoms with Gasteiger partial charge in [-0.3, -0.25) is 0 Å². The van der Waals surface area contributed by atoms with E-state index in [0.29, 0.717) is 11.5 Å². The van der Waals surface area contributed by atoms with Gasteiger partial charge in [-0.25, -0.2) is 4.98 Å². The van der Waals surface area contributed by atoms with E-state index < -0.39 is 0 Å². The Morgan fingerprint density at radius 1 is 1.24 bits per heavy atom. The Balaban J connectivity index is 2.31. The molecule has 0 aliphatic heterocycles. The summed E-state index contributed by atoms with van der Waals surface area (Å²) >= 11 is 5.72. The lowest BCUT2D eigenvalue weighted by Gasteiger charge is -2.09. The molecule has 0 saturated carbocycles. The van der Waals surface area contributed by atoms with Crippen molar-refractivity contribution < 1.29 is 0 Å². The van der Waals surface area contributed by atoms with Gasteiger partial charge in [0.25, 0.3) is 0 Å². The summed E-state index contributed by atoms with van der Waals surface area (Å²) in [6, 6.07) is 6.04. The second kappa shape index (κ2) is 4.59. The molecule has 0 unspecified atom stereocenters. The summed E-state index contributed by atoms with van der Waals surface area (Å²) < 4.78 is 0. The van der Waals surface area contributed by atoms with Crippen molar-refractivity contribution in [2.24, 2.45) is 0 Å². The maximum Gasteiger partial charge on any atom is 0.224 e. The Hall–Kier alpha value is -1.81. The average Bonchev–Trinajstić information content (AvgIpc) is 2.29. The first kappa shape index (κ1) is 11.7. The third-order valence-corrected chi connectivity index (χ3v) is 2.74. The van der Waals surface area contributed by atoms with Gasteiger partial charge in [0, 0.05) is 5.69 Å². The molecule has 3 N–H and O–H groups in total. The lowest BCUT2D eigenvalue weighted by atomic mass is 10.1. The zero-order valence-electron chi connectivity index (χ0n) is 9.66. The van der Waals surface area contributed by atoms with E-state index in [-0.39, 0.29) is 5.28 Å². The zero-order valence-corrected chi connectivity index (χ0v) is 10.4. The molecule has 0 aliphatic carbocycles. The molecule has 0 bridgehead atoms. The van der Waals surface area contributed by atoms with Crippen LogP contribution in [0.15, 0.2) is 24.4 Å². The van der Waals surface area contributed by atoms with Crippen LogP contribution >= 0.6 is 11.6 Å². The number of aromatic nitrogens is 2. The molecule has 0 fully saturated rings. The Morgan fingerprint density at radius 2 is 2.00 bits per heavy atom. The Bertz CT molecular complexity index is 554. The molecule has 17 heavy (non-hydrogen) atoms. The van der Waals surface area contributed by atoms with Gasteiger partial charge in [0.2, 0.25) is 5.28 Å². The lowest BCUT2D eigenvalue weighted by Crippen LogP contribution is -2.01. The topological polar surface area (TPSA) is 63.8 Å². The number of nitrogens with two attached hydrogens (primary N) is 1. The molecule has 4 nitrogen and oxygen atoms in total. The summed E-state index contributed by atoms with van der Waals surface area (Å²) in [5.41, 5.74) is 9.59. The quantitative estimate of drug-likeness (QED) is 0.802. The maximum absolute atomic E-state index is 5.76. The minimum atomic E-state index is 0.172. The van der Waals surface area contributed by atoms with Crippen molar-refractivity contribution in [2.45, 2.75) is 13.8 Å². The largest absolute Gasteiger partial charge is 0.394 e. The second-order valence-electron chi connectivity index (χ2n) is 3.87. The van der Waals surface area contributed by atoms with E-state index in [9.17, 15) is 0 Å². The van der Waals surface area contributed by atoms with Crippen LogP contribution in [0, 0.1) is 13.8 Å². The van der Waals surface area contributed by atoms with Gasteiger partial charge in [-0.05, 0) is 48.7 Å². The molecular formula is C12H13ClN4. The van der Waals surface area contributed by atoms with Gasteiger partial charge < -0.3 is 11.1 Å². The van der Waals surface area contributed by atoms with Crippen LogP contribution in [0.1, 0.15) is 11.1 Å². The van der Waals surface area contributed by atoms with Gasteiger partial charge in [-0.1, -0.05) is 6.07 Å². The van der Waals surface area contributed by atoms with Crippen molar-refractivity contribution in [3.8, 4) is 0 Å². The highest BCUT2D eigenvalue weighted by atomic mass is 35.5. The zero-order chi connectivity index (χ0) is 12.4. The average molecular weight is 249 g/mol. The Kier molecular flexibility index (Phi) is 3.15. The van der Waals surface area contributed by atoms with Crippen LogP contribution in [-0.2, 0) is 0 Å². The van der Waals surface area contributed by atoms with Crippen molar-refractivity contribution in [1.82, 2.24) is 9.97 Å². The molecule has 88 valence electrons. The van der Waals surface area contributed by atoms with Crippen LogP contribution in [0.25, 0.3) is 0 Å². The highest BCUT2D eigenvalue weighted by Crippen LogP contribution is 2.22. The monoisotopic (exact) mass is 248 g/mol. The molecule has 2 rings (SSSR count). The SMILES string of the molecule is Cc1ccc(Nc2nc(Cl)ncc2N)cc1C. The Labute approximate surface area is 105 Å². The van der Waals surface area contributed by atoms with E-state index >= 15 is 0 Å². The van der Waals surface area contributed by atoms with Crippen LogP contribution in [0.2, 0.25) is 5.28 Å². The molecule has 0 atom stereocenters. The molecule has 0 radical (unpaired) electrons. The summed E-state index contributed by atoms with van der Waals surface area (Å²) in [6.07, 6.45) is 1.48. The van der Waals surface area contributed by atoms with E-state index in [4.69, 9.17) is 17.3 Å². The number of rotatable bonds is 2. The summed E-state index contributed by atoms with van der Waals surface area (Å²) in [4.78, 5) is 7.84. The third kappa shape index (κ3) is 2.65. The number of aryl methyl sites for hydroxylation is 2. The van der Waals surface area contributed by atoms with Crippen molar-refractivity contribution in [3.63, 3.8) is 0 Å². The number of hydrogen-bond donors (Lipinski definition) is 2. The van der Waals surface area contributed by atoms with Crippen LogP contribution in [0.5, 0.6) is 0 Å². The molecule has 0 aliphatic rings. The molecule has 0 amide bonds. The number of hydrogen-bond acceptors (Lipinski definition) is 4. The number of anilines is 3. The first-order valence-corrected chi connectivity index (χ1v) is 5.56.